The van der Waals surface area contributed by atoms with E-state index >= 15 is 0 Å². The van der Waals surface area contributed by atoms with Crippen molar-refractivity contribution in [3.8, 4) is 16.9 Å². The molecule has 0 bridgehead atoms. The number of aryl methyl sites for hydroxylation is 1. The Kier molecular flexibility index (Phi) is 8.21. The van der Waals surface area contributed by atoms with Crippen LogP contribution in [0.1, 0.15) is 36.5 Å². The summed E-state index contributed by atoms with van der Waals surface area (Å²) in [6.45, 7) is 5.07. The molecule has 3 aromatic rings. The van der Waals surface area contributed by atoms with Crippen LogP contribution in [-0.4, -0.2) is 24.2 Å². The minimum absolute atomic E-state index is 0.389. The van der Waals surface area contributed by atoms with E-state index in [0.29, 0.717) is 12.3 Å². The number of alkyl halides is 3. The molecule has 0 aliphatic carbocycles. The van der Waals surface area contributed by atoms with E-state index in [1.165, 1.54) is 12.1 Å². The molecule has 0 aliphatic heterocycles. The topological polar surface area (TPSA) is 49.8 Å². The zero-order valence-electron chi connectivity index (χ0n) is 19.2. The maximum Gasteiger partial charge on any atom is 0.416 e. The van der Waals surface area contributed by atoms with Crippen LogP contribution in [0.15, 0.2) is 66.7 Å². The average Bonchev–Trinajstić information content (AvgIpc) is 2.80. The number of aliphatic carboxylic acids is 1. The molecular weight excluding hydrogens is 443 g/mol. The molecule has 0 saturated carbocycles. The van der Waals surface area contributed by atoms with Crippen LogP contribution in [0.2, 0.25) is 0 Å². The number of unbranched alkanes of at least 4 members (excludes halogenated alkanes) is 1. The van der Waals surface area contributed by atoms with Gasteiger partial charge in [-0.15, -0.1) is 0 Å². The number of nitrogens with zero attached hydrogens (tertiary/aromatic N) is 1. The van der Waals surface area contributed by atoms with Gasteiger partial charge in [-0.25, -0.2) is 4.79 Å². The van der Waals surface area contributed by atoms with Crippen molar-refractivity contribution in [2.45, 2.75) is 39.4 Å². The molecule has 3 aromatic carbocycles. The predicted octanol–water partition coefficient (Wildman–Crippen LogP) is 6.95. The second-order valence-corrected chi connectivity index (χ2v) is 8.18. The molecule has 0 unspecified atom stereocenters. The summed E-state index contributed by atoms with van der Waals surface area (Å²) in [5.41, 5.74) is 3.80. The van der Waals surface area contributed by atoms with Crippen molar-refractivity contribution in [3.63, 3.8) is 0 Å². The standard InChI is InChI=1S/C27H28F3NO3/c1-3-4-14-31(17-20-8-13-25(19(2)15-20)34-18-26(32)33)24-7-5-6-22(16-24)21-9-11-23(12-10-21)27(28,29)30/h5-13,15-16H,3-4,14,17-18H2,1-2H3,(H,32,33). The third kappa shape index (κ3) is 6.76. The first-order valence-corrected chi connectivity index (χ1v) is 11.1. The lowest BCUT2D eigenvalue weighted by molar-refractivity contribution is -0.139. The largest absolute Gasteiger partial charge is 0.482 e. The van der Waals surface area contributed by atoms with Crippen molar-refractivity contribution in [1.29, 1.82) is 0 Å². The highest BCUT2D eigenvalue weighted by Crippen LogP contribution is 2.32. The maximum absolute atomic E-state index is 12.9. The number of carbonyl (C=O) groups is 1. The molecule has 0 radical (unpaired) electrons. The first kappa shape index (κ1) is 25.1. The SMILES string of the molecule is CCCCN(Cc1ccc(OCC(=O)O)c(C)c1)c1cccc(-c2ccc(C(F)(F)F)cc2)c1. The molecule has 0 aliphatic rings. The van der Waals surface area contributed by atoms with Crippen LogP contribution in [0.5, 0.6) is 5.75 Å². The number of rotatable bonds is 10. The highest BCUT2D eigenvalue weighted by molar-refractivity contribution is 5.69. The lowest BCUT2D eigenvalue weighted by Gasteiger charge is -2.26. The lowest BCUT2D eigenvalue weighted by atomic mass is 10.0. The molecule has 3 rings (SSSR count). The van der Waals surface area contributed by atoms with E-state index < -0.39 is 17.7 Å². The molecule has 1 N–H and O–H groups in total. The summed E-state index contributed by atoms with van der Waals surface area (Å²) in [6, 6.07) is 18.7. The minimum atomic E-state index is -4.36. The summed E-state index contributed by atoms with van der Waals surface area (Å²) in [7, 11) is 0. The predicted molar refractivity (Wildman–Crippen MR) is 127 cm³/mol. The third-order valence-corrected chi connectivity index (χ3v) is 5.50. The molecule has 0 saturated heterocycles. The van der Waals surface area contributed by atoms with Crippen LogP contribution in [0.25, 0.3) is 11.1 Å². The van der Waals surface area contributed by atoms with Gasteiger partial charge in [0.25, 0.3) is 0 Å². The summed E-state index contributed by atoms with van der Waals surface area (Å²) in [6.07, 6.45) is -2.34. The van der Waals surface area contributed by atoms with Crippen LogP contribution in [0, 0.1) is 6.92 Å². The van der Waals surface area contributed by atoms with Gasteiger partial charge in [0.1, 0.15) is 5.75 Å². The van der Waals surface area contributed by atoms with E-state index in [9.17, 15) is 18.0 Å². The van der Waals surface area contributed by atoms with Crippen molar-refractivity contribution >= 4 is 11.7 Å². The zero-order valence-corrected chi connectivity index (χ0v) is 19.2. The van der Waals surface area contributed by atoms with Crippen LogP contribution in [-0.2, 0) is 17.5 Å². The van der Waals surface area contributed by atoms with Gasteiger partial charge >= 0.3 is 12.1 Å². The molecular formula is C27H28F3NO3. The van der Waals surface area contributed by atoms with E-state index in [0.717, 1.165) is 59.5 Å². The van der Waals surface area contributed by atoms with Gasteiger partial charge in [-0.2, -0.15) is 13.2 Å². The Morgan fingerprint density at radius 2 is 1.74 bits per heavy atom. The third-order valence-electron chi connectivity index (χ3n) is 5.50. The normalized spacial score (nSPS) is 11.3. The minimum Gasteiger partial charge on any atom is -0.482 e. The number of halogens is 3. The molecule has 34 heavy (non-hydrogen) atoms. The van der Waals surface area contributed by atoms with Crippen molar-refractivity contribution in [2.24, 2.45) is 0 Å². The van der Waals surface area contributed by atoms with Crippen molar-refractivity contribution in [2.75, 3.05) is 18.1 Å². The molecule has 4 nitrogen and oxygen atoms in total. The van der Waals surface area contributed by atoms with E-state index in [4.69, 9.17) is 9.84 Å². The fourth-order valence-electron chi connectivity index (χ4n) is 3.71. The van der Waals surface area contributed by atoms with Gasteiger partial charge in [-0.05, 0) is 65.9 Å². The molecule has 0 heterocycles. The lowest BCUT2D eigenvalue weighted by Crippen LogP contribution is -2.24. The molecule has 0 atom stereocenters. The second-order valence-electron chi connectivity index (χ2n) is 8.18. The van der Waals surface area contributed by atoms with Crippen molar-refractivity contribution in [3.05, 3.63) is 83.4 Å². The van der Waals surface area contributed by atoms with Gasteiger partial charge < -0.3 is 14.7 Å². The van der Waals surface area contributed by atoms with Crippen molar-refractivity contribution < 1.29 is 27.8 Å². The quantitative estimate of drug-likeness (QED) is 0.348. The first-order valence-electron chi connectivity index (χ1n) is 11.1. The molecule has 0 spiro atoms. The van der Waals surface area contributed by atoms with Crippen molar-refractivity contribution in [1.82, 2.24) is 0 Å². The summed E-state index contributed by atoms with van der Waals surface area (Å²) in [4.78, 5) is 13.0. The second kappa shape index (κ2) is 11.1. The summed E-state index contributed by atoms with van der Waals surface area (Å²) >= 11 is 0. The monoisotopic (exact) mass is 471 g/mol. The summed E-state index contributed by atoms with van der Waals surface area (Å²) in [5.74, 6) is -0.488. The molecule has 0 aromatic heterocycles. The molecule has 180 valence electrons. The van der Waals surface area contributed by atoms with Gasteiger partial charge in [0.2, 0.25) is 0 Å². The Balaban J connectivity index is 1.83. The number of ether oxygens (including phenoxy) is 1. The maximum atomic E-state index is 12.9. The van der Waals surface area contributed by atoms with E-state index in [1.54, 1.807) is 6.07 Å². The number of anilines is 1. The average molecular weight is 472 g/mol. The van der Waals surface area contributed by atoms with Gasteiger partial charge in [-0.3, -0.25) is 0 Å². The number of hydrogen-bond donors (Lipinski definition) is 1. The van der Waals surface area contributed by atoms with Crippen LogP contribution in [0.4, 0.5) is 18.9 Å². The number of hydrogen-bond acceptors (Lipinski definition) is 3. The van der Waals surface area contributed by atoms with Crippen LogP contribution < -0.4 is 9.64 Å². The van der Waals surface area contributed by atoms with Gasteiger partial charge in [0, 0.05) is 18.8 Å². The number of carboxylic acids is 1. The Morgan fingerprint density at radius 3 is 2.35 bits per heavy atom. The Labute approximate surface area is 197 Å². The number of carboxylic acid groups (broad SMARTS) is 1. The smallest absolute Gasteiger partial charge is 0.416 e. The summed E-state index contributed by atoms with van der Waals surface area (Å²) in [5, 5.41) is 8.82. The first-order chi connectivity index (χ1) is 16.2. The van der Waals surface area contributed by atoms with E-state index in [-0.39, 0.29) is 6.61 Å². The van der Waals surface area contributed by atoms with Gasteiger partial charge in [0.05, 0.1) is 5.56 Å². The Morgan fingerprint density at radius 1 is 1.00 bits per heavy atom. The fourth-order valence-corrected chi connectivity index (χ4v) is 3.71. The summed E-state index contributed by atoms with van der Waals surface area (Å²) < 4.78 is 44.0. The van der Waals surface area contributed by atoms with Gasteiger partial charge in [0.15, 0.2) is 6.61 Å². The highest BCUT2D eigenvalue weighted by Gasteiger charge is 2.30. The van der Waals surface area contributed by atoms with Crippen LogP contribution >= 0.6 is 0 Å². The van der Waals surface area contributed by atoms with Gasteiger partial charge in [-0.1, -0.05) is 49.7 Å². The number of benzene rings is 3. The van der Waals surface area contributed by atoms with Crippen LogP contribution in [0.3, 0.4) is 0 Å². The molecule has 0 fully saturated rings. The Hall–Kier alpha value is -3.48. The van der Waals surface area contributed by atoms with E-state index in [2.05, 4.69) is 11.8 Å². The van der Waals surface area contributed by atoms with E-state index in [1.807, 2.05) is 43.3 Å². The molecule has 7 heteroatoms. The fraction of sp³-hybridized carbons (Fsp3) is 0.296. The highest BCUT2D eigenvalue weighted by atomic mass is 19.4. The zero-order chi connectivity index (χ0) is 24.7. The molecule has 0 amide bonds. The Bertz CT molecular complexity index is 1110.